The van der Waals surface area contributed by atoms with Gasteiger partial charge in [0.15, 0.2) is 0 Å². The largest absolute Gasteiger partial charge is 0.395 e. The highest BCUT2D eigenvalue weighted by Gasteiger charge is 2.11. The van der Waals surface area contributed by atoms with Crippen LogP contribution in [0.2, 0.25) is 0 Å². The summed E-state index contributed by atoms with van der Waals surface area (Å²) in [5.74, 6) is -0.195. The summed E-state index contributed by atoms with van der Waals surface area (Å²) >= 11 is 1.73. The molecule has 0 saturated carbocycles. The van der Waals surface area contributed by atoms with Gasteiger partial charge in [0.25, 0.3) is 5.91 Å². The van der Waals surface area contributed by atoms with Crippen molar-refractivity contribution in [3.05, 3.63) is 93.2 Å². The van der Waals surface area contributed by atoms with Gasteiger partial charge in [-0.25, -0.2) is 0 Å². The third-order valence-corrected chi connectivity index (χ3v) is 6.14. The number of pyridine rings is 1. The van der Waals surface area contributed by atoms with Gasteiger partial charge in [0.2, 0.25) is 5.56 Å². The molecule has 0 radical (unpaired) electrons. The molecule has 6 heteroatoms. The Morgan fingerprint density at radius 1 is 1.10 bits per heavy atom. The smallest absolute Gasteiger partial charge is 0.251 e. The Morgan fingerprint density at radius 3 is 2.73 bits per heavy atom. The van der Waals surface area contributed by atoms with E-state index in [0.29, 0.717) is 5.56 Å². The maximum Gasteiger partial charge on any atom is 0.251 e. The topological polar surface area (TPSA) is 71.3 Å². The fourth-order valence-corrected chi connectivity index (χ4v) is 4.71. The second kappa shape index (κ2) is 8.65. The zero-order valence-corrected chi connectivity index (χ0v) is 17.4. The predicted molar refractivity (Wildman–Crippen MR) is 121 cm³/mol. The van der Waals surface area contributed by atoms with Crippen LogP contribution in [-0.4, -0.2) is 28.7 Å². The van der Waals surface area contributed by atoms with E-state index in [2.05, 4.69) is 23.5 Å². The van der Waals surface area contributed by atoms with Crippen LogP contribution in [0.25, 0.3) is 21.2 Å². The first-order valence-electron chi connectivity index (χ1n) is 9.71. The lowest BCUT2D eigenvalue weighted by Crippen LogP contribution is -2.26. The molecule has 0 unspecified atom stereocenters. The standard InChI is InChI=1S/C24H22N2O3S/c1-26-15-16(8-9-22(26)28)12-20-14-18-5-3-7-21(23(18)30-20)17-4-2-6-19(13-17)24(29)25-10-11-27/h2-9,13-15,27H,10-12H2,1H3,(H,25,29). The summed E-state index contributed by atoms with van der Waals surface area (Å²) in [6.07, 6.45) is 2.64. The van der Waals surface area contributed by atoms with Gasteiger partial charge in [0, 0.05) is 47.4 Å². The van der Waals surface area contributed by atoms with Crippen LogP contribution < -0.4 is 10.9 Å². The minimum absolute atomic E-state index is 0.0136. The molecule has 152 valence electrons. The molecule has 5 nitrogen and oxygen atoms in total. The molecule has 0 fully saturated rings. The van der Waals surface area contributed by atoms with Gasteiger partial charge in [0.05, 0.1) is 6.61 Å². The quantitative estimate of drug-likeness (QED) is 0.503. The summed E-state index contributed by atoms with van der Waals surface area (Å²) < 4.78 is 2.77. The van der Waals surface area contributed by atoms with Gasteiger partial charge < -0.3 is 15.0 Å². The number of carbonyl (C=O) groups excluding carboxylic acids is 1. The van der Waals surface area contributed by atoms with Crippen LogP contribution in [0.5, 0.6) is 0 Å². The fraction of sp³-hybridized carbons (Fsp3) is 0.167. The first-order valence-corrected chi connectivity index (χ1v) is 10.5. The molecule has 1 amide bonds. The number of hydrogen-bond donors (Lipinski definition) is 2. The summed E-state index contributed by atoms with van der Waals surface area (Å²) in [6, 6.07) is 19.4. The molecule has 0 aliphatic rings. The molecule has 0 spiro atoms. The molecular formula is C24H22N2O3S. The molecule has 0 atom stereocenters. The third-order valence-electron chi connectivity index (χ3n) is 4.95. The van der Waals surface area contributed by atoms with Gasteiger partial charge in [-0.2, -0.15) is 0 Å². The van der Waals surface area contributed by atoms with Crippen molar-refractivity contribution in [2.24, 2.45) is 7.05 Å². The molecule has 0 saturated heterocycles. The van der Waals surface area contributed by atoms with Gasteiger partial charge in [-0.05, 0) is 40.3 Å². The van der Waals surface area contributed by atoms with Crippen molar-refractivity contribution in [2.45, 2.75) is 6.42 Å². The van der Waals surface area contributed by atoms with E-state index in [1.807, 2.05) is 36.5 Å². The summed E-state index contributed by atoms with van der Waals surface area (Å²) in [5.41, 5.74) is 3.71. The molecule has 0 bridgehead atoms. The first-order chi connectivity index (χ1) is 14.5. The number of fused-ring (bicyclic) bond motifs is 1. The second-order valence-corrected chi connectivity index (χ2v) is 8.30. The third kappa shape index (κ3) is 4.20. The molecule has 4 rings (SSSR count). The van der Waals surface area contributed by atoms with E-state index in [1.54, 1.807) is 35.1 Å². The van der Waals surface area contributed by atoms with Crippen molar-refractivity contribution in [3.8, 4) is 11.1 Å². The Hall–Kier alpha value is -3.22. The second-order valence-electron chi connectivity index (χ2n) is 7.16. The maximum atomic E-state index is 12.3. The minimum Gasteiger partial charge on any atom is -0.395 e. The first kappa shape index (κ1) is 20.1. The summed E-state index contributed by atoms with van der Waals surface area (Å²) in [6.45, 7) is 0.149. The number of benzene rings is 2. The zero-order chi connectivity index (χ0) is 21.1. The lowest BCUT2D eigenvalue weighted by Gasteiger charge is -2.07. The average molecular weight is 419 g/mol. The highest BCUT2D eigenvalue weighted by Crippen LogP contribution is 2.36. The van der Waals surface area contributed by atoms with Crippen molar-refractivity contribution in [1.29, 1.82) is 0 Å². The maximum absolute atomic E-state index is 12.3. The fourth-order valence-electron chi connectivity index (χ4n) is 3.49. The van der Waals surface area contributed by atoms with Crippen LogP contribution in [0.3, 0.4) is 0 Å². The molecule has 0 aliphatic carbocycles. The van der Waals surface area contributed by atoms with E-state index < -0.39 is 0 Å². The van der Waals surface area contributed by atoms with Crippen molar-refractivity contribution in [3.63, 3.8) is 0 Å². The van der Waals surface area contributed by atoms with Gasteiger partial charge >= 0.3 is 0 Å². The van der Waals surface area contributed by atoms with Gasteiger partial charge in [-0.15, -0.1) is 11.3 Å². The Kier molecular flexibility index (Phi) is 5.79. The summed E-state index contributed by atoms with van der Waals surface area (Å²) in [7, 11) is 1.76. The summed E-state index contributed by atoms with van der Waals surface area (Å²) in [5, 5.41) is 12.8. The van der Waals surface area contributed by atoms with Crippen molar-refractivity contribution >= 4 is 27.3 Å². The SMILES string of the molecule is Cn1cc(Cc2cc3cccc(-c4cccc(C(=O)NCCO)c4)c3s2)ccc1=O. The van der Waals surface area contributed by atoms with Crippen molar-refractivity contribution in [2.75, 3.05) is 13.2 Å². The van der Waals surface area contributed by atoms with Crippen molar-refractivity contribution in [1.82, 2.24) is 9.88 Å². The van der Waals surface area contributed by atoms with Crippen LogP contribution in [0.15, 0.2) is 71.7 Å². The molecule has 2 aromatic carbocycles. The van der Waals surface area contributed by atoms with E-state index in [4.69, 9.17) is 5.11 Å². The van der Waals surface area contributed by atoms with Crippen LogP contribution in [0.1, 0.15) is 20.8 Å². The van der Waals surface area contributed by atoms with Crippen LogP contribution in [0.4, 0.5) is 0 Å². The number of aromatic nitrogens is 1. The van der Waals surface area contributed by atoms with E-state index in [9.17, 15) is 9.59 Å². The molecule has 4 aromatic rings. The number of thiophene rings is 1. The number of rotatable bonds is 6. The number of aliphatic hydroxyl groups is 1. The van der Waals surface area contributed by atoms with Crippen LogP contribution >= 0.6 is 11.3 Å². The lowest BCUT2D eigenvalue weighted by atomic mass is 10.0. The molecular weight excluding hydrogens is 396 g/mol. The van der Waals surface area contributed by atoms with E-state index in [1.165, 1.54) is 9.58 Å². The number of aliphatic hydroxyl groups excluding tert-OH is 1. The molecule has 0 aliphatic heterocycles. The predicted octanol–water partition coefficient (Wildman–Crippen LogP) is 3.58. The highest BCUT2D eigenvalue weighted by atomic mass is 32.1. The molecule has 2 aromatic heterocycles. The lowest BCUT2D eigenvalue weighted by molar-refractivity contribution is 0.0945. The van der Waals surface area contributed by atoms with E-state index in [0.717, 1.165) is 28.5 Å². The molecule has 2 N–H and O–H groups in total. The average Bonchev–Trinajstić information content (AvgIpc) is 3.17. The van der Waals surface area contributed by atoms with Crippen LogP contribution in [-0.2, 0) is 13.5 Å². The van der Waals surface area contributed by atoms with Crippen molar-refractivity contribution < 1.29 is 9.90 Å². The number of nitrogens with zero attached hydrogens (tertiary/aromatic N) is 1. The zero-order valence-electron chi connectivity index (χ0n) is 16.6. The number of carbonyl (C=O) groups is 1. The van der Waals surface area contributed by atoms with Gasteiger partial charge in [-0.3, -0.25) is 9.59 Å². The highest BCUT2D eigenvalue weighted by molar-refractivity contribution is 7.19. The number of aryl methyl sites for hydroxylation is 1. The Morgan fingerprint density at radius 2 is 1.93 bits per heavy atom. The number of amides is 1. The Balaban J connectivity index is 1.68. The monoisotopic (exact) mass is 418 g/mol. The Labute approximate surface area is 178 Å². The molecule has 30 heavy (non-hydrogen) atoms. The van der Waals surface area contributed by atoms with Crippen LogP contribution in [0, 0.1) is 0 Å². The van der Waals surface area contributed by atoms with E-state index in [-0.39, 0.29) is 24.6 Å². The number of hydrogen-bond acceptors (Lipinski definition) is 4. The summed E-state index contributed by atoms with van der Waals surface area (Å²) in [4.78, 5) is 25.1. The molecule has 2 heterocycles. The minimum atomic E-state index is -0.195. The number of nitrogens with one attached hydrogen (secondary N) is 1. The van der Waals surface area contributed by atoms with E-state index >= 15 is 0 Å². The van der Waals surface area contributed by atoms with Gasteiger partial charge in [-0.1, -0.05) is 36.4 Å². The normalized spacial score (nSPS) is 11.0. The van der Waals surface area contributed by atoms with Gasteiger partial charge in [0.1, 0.15) is 0 Å². The Bertz CT molecular complexity index is 1270.